The molecule has 3 nitrogen and oxygen atoms in total. The summed E-state index contributed by atoms with van der Waals surface area (Å²) in [5.74, 6) is -0.262. The molecule has 0 aliphatic heterocycles. The van der Waals surface area contributed by atoms with Crippen LogP contribution in [0.1, 0.15) is 78.1 Å². The zero-order chi connectivity index (χ0) is 13.6. The van der Waals surface area contributed by atoms with Gasteiger partial charge >= 0.3 is 0 Å². The molecule has 1 atom stereocenters. The maximum Gasteiger partial charge on any atom is 0.234 e. The molecule has 108 valence electrons. The lowest BCUT2D eigenvalue weighted by Crippen LogP contribution is -2.39. The molecule has 0 bridgehead atoms. The van der Waals surface area contributed by atoms with E-state index in [1.807, 2.05) is 6.92 Å². The number of hydrogen-bond donors (Lipinski definition) is 2. The van der Waals surface area contributed by atoms with Crippen molar-refractivity contribution >= 4 is 5.91 Å². The quantitative estimate of drug-likeness (QED) is 0.496. The average molecular weight is 256 g/mol. The molecule has 0 radical (unpaired) electrons. The van der Waals surface area contributed by atoms with Gasteiger partial charge in [-0.25, -0.2) is 0 Å². The van der Waals surface area contributed by atoms with Crippen molar-refractivity contribution in [3.8, 4) is 0 Å². The second kappa shape index (κ2) is 12.9. The number of unbranched alkanes of at least 4 members (excludes halogenated alkanes) is 9. The van der Waals surface area contributed by atoms with Crippen LogP contribution in [0.2, 0.25) is 0 Å². The van der Waals surface area contributed by atoms with Gasteiger partial charge in [-0.3, -0.25) is 4.79 Å². The second-order valence-corrected chi connectivity index (χ2v) is 5.26. The maximum atomic E-state index is 10.8. The van der Waals surface area contributed by atoms with Crippen LogP contribution in [-0.4, -0.2) is 18.5 Å². The lowest BCUT2D eigenvalue weighted by molar-refractivity contribution is -0.119. The van der Waals surface area contributed by atoms with Gasteiger partial charge in [0.2, 0.25) is 5.91 Å². The summed E-state index contributed by atoms with van der Waals surface area (Å²) in [4.78, 5) is 10.8. The summed E-state index contributed by atoms with van der Waals surface area (Å²) in [5.41, 5.74) is 5.16. The van der Waals surface area contributed by atoms with Gasteiger partial charge in [0.05, 0.1) is 6.04 Å². The van der Waals surface area contributed by atoms with Gasteiger partial charge in [-0.2, -0.15) is 0 Å². The van der Waals surface area contributed by atoms with Gasteiger partial charge < -0.3 is 11.1 Å². The van der Waals surface area contributed by atoms with Crippen LogP contribution in [-0.2, 0) is 4.79 Å². The van der Waals surface area contributed by atoms with Gasteiger partial charge in [-0.1, -0.05) is 64.7 Å². The SMILES string of the molecule is CCCCCCCCCCCCN[C@@H](C)C(N)=O. The van der Waals surface area contributed by atoms with Crippen molar-refractivity contribution in [1.82, 2.24) is 5.32 Å². The zero-order valence-electron chi connectivity index (χ0n) is 12.3. The van der Waals surface area contributed by atoms with Crippen LogP contribution in [0.3, 0.4) is 0 Å². The van der Waals surface area contributed by atoms with Gasteiger partial charge in [0, 0.05) is 0 Å². The van der Waals surface area contributed by atoms with Crippen LogP contribution in [0.4, 0.5) is 0 Å². The van der Waals surface area contributed by atoms with E-state index in [1.165, 1.54) is 57.8 Å². The smallest absolute Gasteiger partial charge is 0.234 e. The Bertz CT molecular complexity index is 195. The first-order valence-corrected chi connectivity index (χ1v) is 7.71. The Morgan fingerprint density at radius 3 is 1.83 bits per heavy atom. The monoisotopic (exact) mass is 256 g/mol. The van der Waals surface area contributed by atoms with E-state index in [2.05, 4.69) is 12.2 Å². The highest BCUT2D eigenvalue weighted by Gasteiger charge is 2.05. The molecule has 18 heavy (non-hydrogen) atoms. The summed E-state index contributed by atoms with van der Waals surface area (Å²) in [6.07, 6.45) is 13.4. The fourth-order valence-electron chi connectivity index (χ4n) is 2.03. The third-order valence-electron chi connectivity index (χ3n) is 3.41. The van der Waals surface area contributed by atoms with Crippen molar-refractivity contribution in [3.63, 3.8) is 0 Å². The standard InChI is InChI=1S/C15H32N2O/c1-3-4-5-6-7-8-9-10-11-12-13-17-14(2)15(16)18/h14,17H,3-13H2,1-2H3,(H2,16,18)/t14-/m0/s1. The van der Waals surface area contributed by atoms with Crippen LogP contribution in [0.15, 0.2) is 0 Å². The van der Waals surface area contributed by atoms with Crippen molar-refractivity contribution in [3.05, 3.63) is 0 Å². The van der Waals surface area contributed by atoms with E-state index in [9.17, 15) is 4.79 Å². The van der Waals surface area contributed by atoms with E-state index in [4.69, 9.17) is 5.73 Å². The number of amides is 1. The summed E-state index contributed by atoms with van der Waals surface area (Å²) in [6.45, 7) is 4.98. The topological polar surface area (TPSA) is 55.1 Å². The fourth-order valence-corrected chi connectivity index (χ4v) is 2.03. The van der Waals surface area contributed by atoms with Gasteiger partial charge in [0.15, 0.2) is 0 Å². The van der Waals surface area contributed by atoms with E-state index >= 15 is 0 Å². The minimum atomic E-state index is -0.262. The number of carbonyl (C=O) groups excluding carboxylic acids is 1. The molecule has 0 fully saturated rings. The molecule has 0 unspecified atom stereocenters. The minimum absolute atomic E-state index is 0.191. The highest BCUT2D eigenvalue weighted by molar-refractivity contribution is 5.79. The van der Waals surface area contributed by atoms with Crippen molar-refractivity contribution in [2.45, 2.75) is 84.1 Å². The number of hydrogen-bond acceptors (Lipinski definition) is 2. The lowest BCUT2D eigenvalue weighted by Gasteiger charge is -2.09. The minimum Gasteiger partial charge on any atom is -0.368 e. The molecule has 0 spiro atoms. The maximum absolute atomic E-state index is 10.8. The van der Waals surface area contributed by atoms with Gasteiger partial charge in [0.25, 0.3) is 0 Å². The predicted octanol–water partition coefficient (Wildman–Crippen LogP) is 3.37. The fraction of sp³-hybridized carbons (Fsp3) is 0.933. The first kappa shape index (κ1) is 17.4. The Morgan fingerprint density at radius 1 is 0.944 bits per heavy atom. The number of nitrogens with one attached hydrogen (secondary N) is 1. The summed E-state index contributed by atoms with van der Waals surface area (Å²) < 4.78 is 0. The van der Waals surface area contributed by atoms with E-state index in [0.717, 1.165) is 13.0 Å². The van der Waals surface area contributed by atoms with E-state index in [0.29, 0.717) is 0 Å². The van der Waals surface area contributed by atoms with Crippen LogP contribution < -0.4 is 11.1 Å². The Hall–Kier alpha value is -0.570. The highest BCUT2D eigenvalue weighted by Crippen LogP contribution is 2.10. The van der Waals surface area contributed by atoms with E-state index in [-0.39, 0.29) is 11.9 Å². The van der Waals surface area contributed by atoms with Gasteiger partial charge in [-0.15, -0.1) is 0 Å². The molecule has 0 aromatic heterocycles. The van der Waals surface area contributed by atoms with Crippen molar-refractivity contribution in [2.75, 3.05) is 6.54 Å². The molecule has 0 aliphatic carbocycles. The van der Waals surface area contributed by atoms with Crippen LogP contribution in [0, 0.1) is 0 Å². The molecule has 0 heterocycles. The Kier molecular flexibility index (Phi) is 12.5. The van der Waals surface area contributed by atoms with Gasteiger partial charge in [-0.05, 0) is 19.9 Å². The third kappa shape index (κ3) is 11.9. The molecule has 3 heteroatoms. The molecule has 0 saturated carbocycles. The van der Waals surface area contributed by atoms with Crippen LogP contribution in [0.25, 0.3) is 0 Å². The molecular weight excluding hydrogens is 224 g/mol. The largest absolute Gasteiger partial charge is 0.368 e. The van der Waals surface area contributed by atoms with Crippen molar-refractivity contribution in [1.29, 1.82) is 0 Å². The lowest BCUT2D eigenvalue weighted by atomic mass is 10.1. The molecule has 1 amide bonds. The number of rotatable bonds is 13. The predicted molar refractivity (Wildman–Crippen MR) is 78.5 cm³/mol. The third-order valence-corrected chi connectivity index (χ3v) is 3.41. The zero-order valence-corrected chi connectivity index (χ0v) is 12.3. The summed E-state index contributed by atoms with van der Waals surface area (Å²) in [7, 11) is 0. The number of nitrogens with two attached hydrogens (primary N) is 1. The molecular formula is C15H32N2O. The molecule has 0 saturated heterocycles. The second-order valence-electron chi connectivity index (χ2n) is 5.26. The molecule has 0 aromatic rings. The van der Waals surface area contributed by atoms with Gasteiger partial charge in [0.1, 0.15) is 0 Å². The van der Waals surface area contributed by atoms with Crippen molar-refractivity contribution in [2.24, 2.45) is 5.73 Å². The summed E-state index contributed by atoms with van der Waals surface area (Å²) in [6, 6.07) is -0.191. The summed E-state index contributed by atoms with van der Waals surface area (Å²) >= 11 is 0. The first-order chi connectivity index (χ1) is 8.68. The van der Waals surface area contributed by atoms with Crippen LogP contribution in [0.5, 0.6) is 0 Å². The van der Waals surface area contributed by atoms with Crippen LogP contribution >= 0.6 is 0 Å². The highest BCUT2D eigenvalue weighted by atomic mass is 16.1. The molecule has 0 aliphatic rings. The first-order valence-electron chi connectivity index (χ1n) is 7.71. The van der Waals surface area contributed by atoms with E-state index < -0.39 is 0 Å². The number of carbonyl (C=O) groups is 1. The molecule has 0 aromatic carbocycles. The Labute approximate surface area is 113 Å². The molecule has 0 rings (SSSR count). The average Bonchev–Trinajstić information content (AvgIpc) is 2.35. The Balaban J connectivity index is 3.05. The molecule has 3 N–H and O–H groups in total. The van der Waals surface area contributed by atoms with E-state index in [1.54, 1.807) is 0 Å². The van der Waals surface area contributed by atoms with Crippen molar-refractivity contribution < 1.29 is 4.79 Å². The normalized spacial score (nSPS) is 12.6. The number of primary amides is 1. The Morgan fingerprint density at radius 2 is 1.39 bits per heavy atom. The summed E-state index contributed by atoms with van der Waals surface area (Å²) in [5, 5.41) is 3.13.